The fourth-order valence-electron chi connectivity index (χ4n) is 5.64. The van der Waals surface area contributed by atoms with Crippen LogP contribution < -0.4 is 37.6 Å². The zero-order chi connectivity index (χ0) is 53.8. The Morgan fingerprint density at radius 1 is 0.446 bits per heavy atom. The van der Waals surface area contributed by atoms with Crippen LogP contribution in [0.25, 0.3) is 0 Å². The topological polar surface area (TPSA) is 321 Å². The van der Waals surface area contributed by atoms with Crippen molar-refractivity contribution in [1.29, 1.82) is 0 Å². The first-order valence-corrected chi connectivity index (χ1v) is 25.0. The van der Waals surface area contributed by atoms with Crippen LogP contribution in [0.4, 0.5) is 0 Å². The molecule has 1 aromatic rings. The van der Waals surface area contributed by atoms with E-state index < -0.39 is 54.7 Å². The lowest BCUT2D eigenvalue weighted by Crippen LogP contribution is -2.52. The summed E-state index contributed by atoms with van der Waals surface area (Å²) in [4.78, 5) is 74.6. The van der Waals surface area contributed by atoms with E-state index in [2.05, 4.69) is 31.9 Å². The first kappa shape index (κ1) is 67.5. The fourth-order valence-corrected chi connectivity index (χ4v) is 5.64. The molecular weight excluding hydrogens is 979 g/mol. The summed E-state index contributed by atoms with van der Waals surface area (Å²) in [6.45, 7) is 11.6. The predicted molar refractivity (Wildman–Crippen MR) is 267 cm³/mol. The van der Waals surface area contributed by atoms with Crippen molar-refractivity contribution >= 4 is 35.4 Å². The highest BCUT2D eigenvalue weighted by atomic mass is 16.6. The van der Waals surface area contributed by atoms with Gasteiger partial charge in [0.05, 0.1) is 178 Å². The molecule has 1 rings (SSSR count). The van der Waals surface area contributed by atoms with Crippen LogP contribution in [0.15, 0.2) is 30.3 Å². The van der Waals surface area contributed by atoms with Gasteiger partial charge in [0.25, 0.3) is 0 Å². The standard InChI is InChI=1S/C48H85N7O19/c1-3-63-39-54-45(58)37-53-48(61)42(35-40-7-5-4-6-8-40)55-46(59)38-51-44(57)36-52-47(60)41(49)9-10-43(56)50-11-12-64-15-16-66-19-20-68-23-24-70-27-28-72-31-32-74-34-33-73-30-29-71-26-25-69-22-21-67-18-17-65-14-13-62-2/h4-8,41-42H,3,9-39,49H2,1-2H3,(H,50,56)(H,51,57)(H,52,60)(H,53,61)(H,54,58)(H,55,59)/t41-,42-/m0/s1. The van der Waals surface area contributed by atoms with Gasteiger partial charge in [-0.05, 0) is 18.9 Å². The van der Waals surface area contributed by atoms with Crippen LogP contribution in [0.1, 0.15) is 25.3 Å². The Bertz CT molecular complexity index is 1560. The Kier molecular flexibility index (Phi) is 46.2. The first-order chi connectivity index (χ1) is 36.2. The second kappa shape index (κ2) is 50.6. The Hall–Kier alpha value is -4.52. The minimum absolute atomic E-state index is 0.00699. The van der Waals surface area contributed by atoms with Gasteiger partial charge in [-0.15, -0.1) is 0 Å². The average Bonchev–Trinajstić information content (AvgIpc) is 3.40. The number of hydrogen-bond donors (Lipinski definition) is 7. The second-order valence-electron chi connectivity index (χ2n) is 15.5. The van der Waals surface area contributed by atoms with Gasteiger partial charge >= 0.3 is 0 Å². The van der Waals surface area contributed by atoms with E-state index in [-0.39, 0.29) is 51.6 Å². The fraction of sp³-hybridized carbons (Fsp3) is 0.750. The lowest BCUT2D eigenvalue weighted by molar-refractivity contribution is -0.131. The Labute approximate surface area is 435 Å². The highest BCUT2D eigenvalue weighted by molar-refractivity contribution is 5.93. The molecule has 0 spiro atoms. The highest BCUT2D eigenvalue weighted by Gasteiger charge is 2.23. The maximum Gasteiger partial charge on any atom is 0.243 e. The van der Waals surface area contributed by atoms with Gasteiger partial charge in [-0.2, -0.15) is 0 Å². The van der Waals surface area contributed by atoms with Crippen LogP contribution in [0.5, 0.6) is 0 Å². The largest absolute Gasteiger partial charge is 0.382 e. The third kappa shape index (κ3) is 43.8. The van der Waals surface area contributed by atoms with Crippen LogP contribution in [0, 0.1) is 0 Å². The number of ether oxygens (including phenoxy) is 13. The number of methoxy groups -OCH3 is 1. The van der Waals surface area contributed by atoms with Gasteiger partial charge in [-0.3, -0.25) is 28.8 Å². The number of nitrogens with one attached hydrogen (secondary N) is 6. The molecule has 6 amide bonds. The van der Waals surface area contributed by atoms with Crippen molar-refractivity contribution in [1.82, 2.24) is 31.9 Å². The van der Waals surface area contributed by atoms with E-state index in [1.807, 2.05) is 0 Å². The molecule has 1 aromatic carbocycles. The average molecular weight is 1060 g/mol. The predicted octanol–water partition coefficient (Wildman–Crippen LogP) is -2.77. The zero-order valence-electron chi connectivity index (χ0n) is 43.5. The molecule has 0 fully saturated rings. The summed E-state index contributed by atoms with van der Waals surface area (Å²) in [6.07, 6.45) is 0.114. The lowest BCUT2D eigenvalue weighted by atomic mass is 10.1. The van der Waals surface area contributed by atoms with Gasteiger partial charge < -0.3 is 99.2 Å². The van der Waals surface area contributed by atoms with Crippen LogP contribution in [0.3, 0.4) is 0 Å². The summed E-state index contributed by atoms with van der Waals surface area (Å²) >= 11 is 0. The number of amides is 6. The van der Waals surface area contributed by atoms with E-state index >= 15 is 0 Å². The summed E-state index contributed by atoms with van der Waals surface area (Å²) in [6, 6.07) is 6.81. The van der Waals surface area contributed by atoms with Gasteiger partial charge in [0, 0.05) is 33.1 Å². The maximum absolute atomic E-state index is 12.9. The van der Waals surface area contributed by atoms with E-state index in [9.17, 15) is 28.8 Å². The summed E-state index contributed by atoms with van der Waals surface area (Å²) in [7, 11) is 1.63. The van der Waals surface area contributed by atoms with Gasteiger partial charge in [-0.25, -0.2) is 0 Å². The highest BCUT2D eigenvalue weighted by Crippen LogP contribution is 2.04. The molecule has 0 aliphatic rings. The molecule has 0 aliphatic heterocycles. The maximum atomic E-state index is 12.9. The number of benzene rings is 1. The van der Waals surface area contributed by atoms with Crippen molar-refractivity contribution in [3.63, 3.8) is 0 Å². The smallest absolute Gasteiger partial charge is 0.243 e. The van der Waals surface area contributed by atoms with Gasteiger partial charge in [0.1, 0.15) is 12.8 Å². The van der Waals surface area contributed by atoms with E-state index in [1.54, 1.807) is 44.4 Å². The van der Waals surface area contributed by atoms with Crippen molar-refractivity contribution in [3.05, 3.63) is 35.9 Å². The summed E-state index contributed by atoms with van der Waals surface area (Å²) in [5.74, 6) is -3.42. The minimum Gasteiger partial charge on any atom is -0.382 e. The van der Waals surface area contributed by atoms with Crippen molar-refractivity contribution in [2.24, 2.45) is 5.73 Å². The van der Waals surface area contributed by atoms with E-state index in [1.165, 1.54) is 0 Å². The van der Waals surface area contributed by atoms with Crippen LogP contribution >= 0.6 is 0 Å². The molecule has 0 aromatic heterocycles. The molecule has 0 saturated carbocycles. The van der Waals surface area contributed by atoms with Crippen molar-refractivity contribution in [2.45, 2.75) is 38.3 Å². The second-order valence-corrected chi connectivity index (χ2v) is 15.5. The first-order valence-electron chi connectivity index (χ1n) is 25.0. The van der Waals surface area contributed by atoms with Crippen molar-refractivity contribution < 1.29 is 90.3 Å². The third-order valence-corrected chi connectivity index (χ3v) is 9.54. The van der Waals surface area contributed by atoms with Gasteiger partial charge in [0.2, 0.25) is 35.4 Å². The quantitative estimate of drug-likeness (QED) is 0.0256. The van der Waals surface area contributed by atoms with Crippen molar-refractivity contribution in [3.8, 4) is 0 Å². The monoisotopic (exact) mass is 1060 g/mol. The molecule has 74 heavy (non-hydrogen) atoms. The number of rotatable bonds is 53. The molecule has 426 valence electrons. The summed E-state index contributed by atoms with van der Waals surface area (Å²) < 4.78 is 69.9. The van der Waals surface area contributed by atoms with Crippen LogP contribution in [0.2, 0.25) is 0 Å². The molecule has 0 heterocycles. The summed E-state index contributed by atoms with van der Waals surface area (Å²) in [5.41, 5.74) is 6.66. The van der Waals surface area contributed by atoms with Gasteiger partial charge in [-0.1, -0.05) is 30.3 Å². The van der Waals surface area contributed by atoms with E-state index in [4.69, 9.17) is 67.3 Å². The van der Waals surface area contributed by atoms with E-state index in [0.717, 1.165) is 5.56 Å². The number of hydrogen-bond acceptors (Lipinski definition) is 20. The van der Waals surface area contributed by atoms with Crippen LogP contribution in [-0.4, -0.2) is 246 Å². The molecular formula is C48H85N7O19. The molecule has 0 unspecified atom stereocenters. The van der Waals surface area contributed by atoms with Gasteiger partial charge in [0.15, 0.2) is 0 Å². The number of carbonyl (C=O) groups is 6. The number of nitrogens with two attached hydrogens (primary N) is 1. The normalized spacial score (nSPS) is 11.9. The molecule has 0 saturated heterocycles. The minimum atomic E-state index is -1.06. The third-order valence-electron chi connectivity index (χ3n) is 9.54. The molecule has 0 bridgehead atoms. The van der Waals surface area contributed by atoms with Crippen molar-refractivity contribution in [2.75, 3.05) is 199 Å². The summed E-state index contributed by atoms with van der Waals surface area (Å²) in [5, 5.41) is 15.0. The van der Waals surface area contributed by atoms with E-state index in [0.29, 0.717) is 152 Å². The number of carbonyl (C=O) groups excluding carboxylic acids is 6. The molecule has 2 atom stereocenters. The Balaban J connectivity index is 1.92. The Morgan fingerprint density at radius 3 is 1.27 bits per heavy atom. The molecule has 26 nitrogen and oxygen atoms in total. The Morgan fingerprint density at radius 2 is 0.838 bits per heavy atom. The van der Waals surface area contributed by atoms with Crippen LogP contribution in [-0.2, 0) is 96.8 Å². The zero-order valence-corrected chi connectivity index (χ0v) is 43.5. The molecule has 26 heteroatoms. The SMILES string of the molecule is CCOCNC(=O)CNC(=O)[C@H](Cc1ccccc1)NC(=O)CNC(=O)CNC(=O)[C@@H](N)CCC(=O)NCCOCCOCCOCCOCCOCCOCCOCCOCCOCCOCCOCCOC. The lowest BCUT2D eigenvalue weighted by Gasteiger charge is -2.19. The molecule has 0 aliphatic carbocycles. The molecule has 8 N–H and O–H groups in total. The molecule has 0 radical (unpaired) electrons.